The van der Waals surface area contributed by atoms with Crippen molar-refractivity contribution in [3.8, 4) is 18.1 Å². The van der Waals surface area contributed by atoms with Crippen molar-refractivity contribution in [1.82, 2.24) is 5.32 Å². The first-order valence-corrected chi connectivity index (χ1v) is 5.29. The van der Waals surface area contributed by atoms with Gasteiger partial charge in [-0.05, 0) is 19.4 Å². The number of halogens is 1. The fourth-order valence-electron chi connectivity index (χ4n) is 1.56. The zero-order valence-electron chi connectivity index (χ0n) is 9.50. The molecular weight excluding hydrogens is 205 g/mol. The summed E-state index contributed by atoms with van der Waals surface area (Å²) in [6, 6.07) is 3.83. The van der Waals surface area contributed by atoms with Gasteiger partial charge in [-0.1, -0.05) is 18.9 Å². The highest BCUT2D eigenvalue weighted by molar-refractivity contribution is 5.35. The maximum absolute atomic E-state index is 12.8. The number of hydrogen-bond acceptors (Lipinski definition) is 2. The second-order valence-electron chi connectivity index (χ2n) is 3.72. The van der Waals surface area contributed by atoms with E-state index in [1.165, 1.54) is 6.07 Å². The fourth-order valence-corrected chi connectivity index (χ4v) is 1.56. The van der Waals surface area contributed by atoms with Crippen molar-refractivity contribution in [2.45, 2.75) is 32.4 Å². The first-order valence-electron chi connectivity index (χ1n) is 5.29. The lowest BCUT2D eigenvalue weighted by Gasteiger charge is -2.19. The smallest absolute Gasteiger partial charge is 0.126 e. The molecule has 2 nitrogen and oxygen atoms in total. The Bertz CT molecular complexity index is 397. The van der Waals surface area contributed by atoms with E-state index in [1.54, 1.807) is 6.07 Å². The second-order valence-corrected chi connectivity index (χ2v) is 3.72. The third-order valence-corrected chi connectivity index (χ3v) is 2.52. The van der Waals surface area contributed by atoms with E-state index in [-0.39, 0.29) is 17.8 Å². The van der Waals surface area contributed by atoms with E-state index < -0.39 is 5.82 Å². The Labute approximate surface area is 95.5 Å². The van der Waals surface area contributed by atoms with Crippen LogP contribution in [-0.4, -0.2) is 11.1 Å². The molecular formula is C13H16FNO. The molecule has 0 aromatic heterocycles. The summed E-state index contributed by atoms with van der Waals surface area (Å²) in [6.07, 6.45) is 6.15. The van der Waals surface area contributed by atoms with Gasteiger partial charge in [0, 0.05) is 17.7 Å². The van der Waals surface area contributed by atoms with Crippen LogP contribution in [0.25, 0.3) is 0 Å². The fraction of sp³-hybridized carbons (Fsp3) is 0.385. The van der Waals surface area contributed by atoms with Crippen LogP contribution >= 0.6 is 0 Å². The molecule has 0 aliphatic carbocycles. The lowest BCUT2D eigenvalue weighted by atomic mass is 10.1. The van der Waals surface area contributed by atoms with E-state index in [9.17, 15) is 9.50 Å². The maximum Gasteiger partial charge on any atom is 0.126 e. The van der Waals surface area contributed by atoms with Crippen LogP contribution in [0, 0.1) is 18.2 Å². The van der Waals surface area contributed by atoms with Gasteiger partial charge in [0.1, 0.15) is 11.6 Å². The number of hydrogen-bond donors (Lipinski definition) is 2. The standard InChI is InChI=1S/C13H16FNO/c1-4-11(5-2)15-9(3)12-7-6-10(14)8-13(12)16/h1,6-9,11,15-16H,5H2,2-3H3. The van der Waals surface area contributed by atoms with Crippen molar-refractivity contribution >= 4 is 0 Å². The summed E-state index contributed by atoms with van der Waals surface area (Å²) in [5, 5.41) is 12.8. The van der Waals surface area contributed by atoms with E-state index in [4.69, 9.17) is 6.42 Å². The lowest BCUT2D eigenvalue weighted by molar-refractivity contribution is 0.439. The van der Waals surface area contributed by atoms with Crippen molar-refractivity contribution in [2.75, 3.05) is 0 Å². The average molecular weight is 221 g/mol. The van der Waals surface area contributed by atoms with Crippen molar-refractivity contribution in [3.05, 3.63) is 29.6 Å². The molecule has 2 atom stereocenters. The lowest BCUT2D eigenvalue weighted by Crippen LogP contribution is -2.29. The van der Waals surface area contributed by atoms with Crippen molar-refractivity contribution in [2.24, 2.45) is 0 Å². The van der Waals surface area contributed by atoms with E-state index in [1.807, 2.05) is 13.8 Å². The molecule has 0 radical (unpaired) electrons. The van der Waals surface area contributed by atoms with Gasteiger partial charge in [-0.15, -0.1) is 6.42 Å². The van der Waals surface area contributed by atoms with Crippen LogP contribution in [0.3, 0.4) is 0 Å². The first-order chi connectivity index (χ1) is 7.58. The van der Waals surface area contributed by atoms with E-state index >= 15 is 0 Å². The third-order valence-electron chi connectivity index (χ3n) is 2.52. The summed E-state index contributed by atoms with van der Waals surface area (Å²) in [6.45, 7) is 3.86. The Balaban J connectivity index is 2.81. The number of phenolic OH excluding ortho intramolecular Hbond substituents is 1. The molecule has 0 amide bonds. The van der Waals surface area contributed by atoms with Gasteiger partial charge in [0.15, 0.2) is 0 Å². The Kier molecular flexibility index (Phi) is 4.33. The van der Waals surface area contributed by atoms with Crippen molar-refractivity contribution in [3.63, 3.8) is 0 Å². The van der Waals surface area contributed by atoms with Crippen LogP contribution in [0.15, 0.2) is 18.2 Å². The van der Waals surface area contributed by atoms with E-state index in [2.05, 4.69) is 11.2 Å². The molecule has 0 aliphatic heterocycles. The van der Waals surface area contributed by atoms with Gasteiger partial charge in [0.25, 0.3) is 0 Å². The minimum absolute atomic E-state index is 0.0422. The molecule has 0 spiro atoms. The summed E-state index contributed by atoms with van der Waals surface area (Å²) in [7, 11) is 0. The predicted molar refractivity (Wildman–Crippen MR) is 62.5 cm³/mol. The summed E-state index contributed by atoms with van der Waals surface area (Å²) in [4.78, 5) is 0. The molecule has 0 aliphatic rings. The number of rotatable bonds is 4. The Morgan fingerprint density at radius 1 is 1.56 bits per heavy atom. The molecule has 1 aromatic rings. The molecule has 16 heavy (non-hydrogen) atoms. The largest absolute Gasteiger partial charge is 0.508 e. The van der Waals surface area contributed by atoms with Crippen LogP contribution in [0.4, 0.5) is 4.39 Å². The van der Waals surface area contributed by atoms with Crippen LogP contribution in [-0.2, 0) is 0 Å². The molecule has 2 unspecified atom stereocenters. The molecule has 86 valence electrons. The van der Waals surface area contributed by atoms with E-state index in [0.717, 1.165) is 12.5 Å². The third kappa shape index (κ3) is 2.98. The van der Waals surface area contributed by atoms with E-state index in [0.29, 0.717) is 5.56 Å². The predicted octanol–water partition coefficient (Wildman–Crippen LogP) is 2.59. The van der Waals surface area contributed by atoms with Crippen molar-refractivity contribution < 1.29 is 9.50 Å². The van der Waals surface area contributed by atoms with Gasteiger partial charge < -0.3 is 5.11 Å². The van der Waals surface area contributed by atoms with Crippen LogP contribution < -0.4 is 5.32 Å². The molecule has 1 aromatic carbocycles. The summed E-state index contributed by atoms with van der Waals surface area (Å²) in [5.74, 6) is 2.12. The Morgan fingerprint density at radius 2 is 2.25 bits per heavy atom. The highest BCUT2D eigenvalue weighted by atomic mass is 19.1. The molecule has 0 saturated heterocycles. The van der Waals surface area contributed by atoms with Gasteiger partial charge in [-0.3, -0.25) is 5.32 Å². The highest BCUT2D eigenvalue weighted by Gasteiger charge is 2.13. The second kappa shape index (κ2) is 5.53. The Morgan fingerprint density at radius 3 is 2.75 bits per heavy atom. The van der Waals surface area contributed by atoms with Gasteiger partial charge in [0.2, 0.25) is 0 Å². The maximum atomic E-state index is 12.8. The Hall–Kier alpha value is -1.53. The summed E-state index contributed by atoms with van der Waals surface area (Å²) >= 11 is 0. The molecule has 2 N–H and O–H groups in total. The van der Waals surface area contributed by atoms with Crippen LogP contribution in [0.1, 0.15) is 31.9 Å². The monoisotopic (exact) mass is 221 g/mol. The van der Waals surface area contributed by atoms with Gasteiger partial charge >= 0.3 is 0 Å². The van der Waals surface area contributed by atoms with Crippen LogP contribution in [0.2, 0.25) is 0 Å². The number of terminal acetylenes is 1. The number of aromatic hydroxyl groups is 1. The zero-order valence-corrected chi connectivity index (χ0v) is 9.50. The SMILES string of the molecule is C#CC(CC)NC(C)c1ccc(F)cc1O. The minimum atomic E-state index is -0.447. The summed E-state index contributed by atoms with van der Waals surface area (Å²) < 4.78 is 12.8. The van der Waals surface area contributed by atoms with Gasteiger partial charge in [-0.25, -0.2) is 4.39 Å². The first kappa shape index (κ1) is 12.5. The zero-order chi connectivity index (χ0) is 12.1. The summed E-state index contributed by atoms with van der Waals surface area (Å²) in [5.41, 5.74) is 0.648. The normalized spacial score (nSPS) is 14.1. The van der Waals surface area contributed by atoms with Crippen molar-refractivity contribution in [1.29, 1.82) is 0 Å². The molecule has 0 saturated carbocycles. The molecule has 3 heteroatoms. The number of benzene rings is 1. The molecule has 0 fully saturated rings. The highest BCUT2D eigenvalue weighted by Crippen LogP contribution is 2.25. The number of phenols is 1. The quantitative estimate of drug-likeness (QED) is 0.766. The van der Waals surface area contributed by atoms with Gasteiger partial charge in [-0.2, -0.15) is 0 Å². The molecule has 0 bridgehead atoms. The minimum Gasteiger partial charge on any atom is -0.508 e. The number of nitrogens with one attached hydrogen (secondary N) is 1. The topological polar surface area (TPSA) is 32.3 Å². The van der Waals surface area contributed by atoms with Gasteiger partial charge in [0.05, 0.1) is 6.04 Å². The molecule has 1 rings (SSSR count). The molecule has 0 heterocycles. The van der Waals surface area contributed by atoms with Crippen LogP contribution in [0.5, 0.6) is 5.75 Å². The average Bonchev–Trinajstić information content (AvgIpc) is 2.25.